The standard InChI is InChI=1S/C13H15N3O.2CHN/c1-9(2)16-6-5-11-4-3-10(8-15-14)7-12(11)13(16)17;2*1-2/h3-9H,14H2,1-2H3;2*1H. The maximum Gasteiger partial charge on any atom is 0.258 e. The molecule has 0 bridgehead atoms. The van der Waals surface area contributed by atoms with Crippen LogP contribution in [0.2, 0.25) is 0 Å². The minimum atomic E-state index is 0.0183. The molecule has 0 aliphatic rings. The number of hydrogen-bond donors (Lipinski definition) is 1. The maximum atomic E-state index is 12.2. The molecule has 0 aliphatic carbocycles. The van der Waals surface area contributed by atoms with E-state index in [0.29, 0.717) is 5.39 Å². The normalized spacial score (nSPS) is 9.67. The Bertz CT molecular complexity index is 704. The Morgan fingerprint density at radius 2 is 1.86 bits per heavy atom. The summed E-state index contributed by atoms with van der Waals surface area (Å²) in [5, 5.41) is 18.1. The van der Waals surface area contributed by atoms with Crippen LogP contribution >= 0.6 is 0 Å². The summed E-state index contributed by atoms with van der Waals surface area (Å²) in [6.07, 6.45) is 3.36. The summed E-state index contributed by atoms with van der Waals surface area (Å²) in [5.41, 5.74) is 0.850. The summed E-state index contributed by atoms with van der Waals surface area (Å²) in [5.74, 6) is 5.11. The highest BCUT2D eigenvalue weighted by molar-refractivity contribution is 5.89. The Labute approximate surface area is 123 Å². The van der Waals surface area contributed by atoms with Crippen molar-refractivity contribution in [2.24, 2.45) is 10.9 Å². The molecule has 2 aromatic rings. The van der Waals surface area contributed by atoms with Crippen molar-refractivity contribution in [1.82, 2.24) is 4.57 Å². The van der Waals surface area contributed by atoms with Crippen LogP contribution in [-0.4, -0.2) is 10.8 Å². The van der Waals surface area contributed by atoms with Gasteiger partial charge < -0.3 is 10.4 Å². The van der Waals surface area contributed by atoms with Gasteiger partial charge in [-0.25, -0.2) is 10.5 Å². The number of nitriles is 2. The second-order valence-corrected chi connectivity index (χ2v) is 4.25. The van der Waals surface area contributed by atoms with Gasteiger partial charge in [0, 0.05) is 30.8 Å². The highest BCUT2D eigenvalue weighted by Crippen LogP contribution is 2.12. The van der Waals surface area contributed by atoms with E-state index in [1.165, 1.54) is 6.21 Å². The summed E-state index contributed by atoms with van der Waals surface area (Å²) in [6.45, 7) is 11.0. The number of nitrogens with zero attached hydrogens (tertiary/aromatic N) is 4. The number of aromatic nitrogens is 1. The van der Waals surface area contributed by atoms with E-state index < -0.39 is 0 Å². The fourth-order valence-electron chi connectivity index (χ4n) is 1.84. The molecule has 0 spiro atoms. The van der Waals surface area contributed by atoms with Gasteiger partial charge in [0.05, 0.1) is 6.21 Å². The highest BCUT2D eigenvalue weighted by atomic mass is 16.1. The summed E-state index contributed by atoms with van der Waals surface area (Å²) < 4.78 is 1.71. The number of hydrogen-bond acceptors (Lipinski definition) is 5. The van der Waals surface area contributed by atoms with Crippen LogP contribution in [0.15, 0.2) is 40.4 Å². The average molecular weight is 283 g/mol. The maximum absolute atomic E-state index is 12.2. The molecule has 2 N–H and O–H groups in total. The Hall–Kier alpha value is -3.12. The predicted molar refractivity (Wildman–Crippen MR) is 83.7 cm³/mol. The molecule has 108 valence electrons. The lowest BCUT2D eigenvalue weighted by molar-refractivity contribution is 0.583. The van der Waals surface area contributed by atoms with Crippen molar-refractivity contribution in [3.8, 4) is 13.1 Å². The summed E-state index contributed by atoms with van der Waals surface area (Å²) in [6, 6.07) is 7.70. The first-order valence-electron chi connectivity index (χ1n) is 6.03. The number of pyridine rings is 1. The fraction of sp³-hybridized carbons (Fsp3) is 0.200. The third-order valence-electron chi connectivity index (χ3n) is 2.74. The van der Waals surface area contributed by atoms with Crippen LogP contribution in [0.4, 0.5) is 0 Å². The van der Waals surface area contributed by atoms with Crippen LogP contribution < -0.4 is 11.4 Å². The first-order valence-corrected chi connectivity index (χ1v) is 6.03. The number of rotatable bonds is 2. The summed E-state index contributed by atoms with van der Waals surface area (Å²) >= 11 is 0. The molecule has 0 unspecified atom stereocenters. The quantitative estimate of drug-likeness (QED) is 0.517. The van der Waals surface area contributed by atoms with Gasteiger partial charge in [0.25, 0.3) is 5.56 Å². The third kappa shape index (κ3) is 4.19. The molecule has 2 rings (SSSR count). The number of fused-ring (bicyclic) bond motifs is 1. The summed E-state index contributed by atoms with van der Waals surface area (Å²) in [4.78, 5) is 12.2. The predicted octanol–water partition coefficient (Wildman–Crippen LogP) is 2.15. The molecule has 0 fully saturated rings. The van der Waals surface area contributed by atoms with Crippen LogP contribution in [-0.2, 0) is 0 Å². The molecule has 0 saturated carbocycles. The minimum Gasteiger partial charge on any atom is -0.323 e. The van der Waals surface area contributed by atoms with Crippen LogP contribution in [0.5, 0.6) is 0 Å². The lowest BCUT2D eigenvalue weighted by Crippen LogP contribution is -2.21. The minimum absolute atomic E-state index is 0.0183. The Morgan fingerprint density at radius 3 is 2.38 bits per heavy atom. The molecule has 0 saturated heterocycles. The van der Waals surface area contributed by atoms with E-state index in [9.17, 15) is 4.79 Å². The largest absolute Gasteiger partial charge is 0.323 e. The van der Waals surface area contributed by atoms with E-state index in [1.807, 2.05) is 44.3 Å². The molecular weight excluding hydrogens is 266 g/mol. The van der Waals surface area contributed by atoms with E-state index in [-0.39, 0.29) is 11.6 Å². The van der Waals surface area contributed by atoms with E-state index in [2.05, 4.69) is 18.2 Å². The van der Waals surface area contributed by atoms with Gasteiger partial charge >= 0.3 is 0 Å². The summed E-state index contributed by atoms with van der Waals surface area (Å²) in [7, 11) is 0. The van der Waals surface area contributed by atoms with Gasteiger partial charge in [-0.15, -0.1) is 0 Å². The van der Waals surface area contributed by atoms with Crippen LogP contribution in [0.3, 0.4) is 0 Å². The monoisotopic (exact) mass is 283 g/mol. The molecule has 6 heteroatoms. The van der Waals surface area contributed by atoms with Crippen molar-refractivity contribution in [2.45, 2.75) is 19.9 Å². The number of hydrazone groups is 1. The zero-order valence-corrected chi connectivity index (χ0v) is 12.0. The molecule has 0 radical (unpaired) electrons. The highest BCUT2D eigenvalue weighted by Gasteiger charge is 2.05. The lowest BCUT2D eigenvalue weighted by atomic mass is 10.1. The fourth-order valence-corrected chi connectivity index (χ4v) is 1.84. The Morgan fingerprint density at radius 1 is 1.24 bits per heavy atom. The number of nitrogens with two attached hydrogens (primary N) is 1. The zero-order chi connectivity index (χ0) is 16.4. The van der Waals surface area contributed by atoms with E-state index in [0.717, 1.165) is 10.9 Å². The van der Waals surface area contributed by atoms with Crippen LogP contribution in [0.1, 0.15) is 25.5 Å². The van der Waals surface area contributed by atoms with Gasteiger partial charge in [0.2, 0.25) is 0 Å². The first-order chi connectivity index (χ1) is 10.1. The van der Waals surface area contributed by atoms with E-state index in [4.69, 9.17) is 16.4 Å². The van der Waals surface area contributed by atoms with Crippen molar-refractivity contribution >= 4 is 17.0 Å². The van der Waals surface area contributed by atoms with Gasteiger partial charge in [0.15, 0.2) is 0 Å². The Kier molecular flexibility index (Phi) is 7.57. The van der Waals surface area contributed by atoms with Crippen molar-refractivity contribution < 1.29 is 0 Å². The van der Waals surface area contributed by atoms with Crippen molar-refractivity contribution in [3.63, 3.8) is 0 Å². The van der Waals surface area contributed by atoms with Gasteiger partial charge in [-0.3, -0.25) is 4.79 Å². The van der Waals surface area contributed by atoms with Gasteiger partial charge in [-0.2, -0.15) is 5.10 Å². The molecule has 0 amide bonds. The first kappa shape index (κ1) is 17.9. The lowest BCUT2D eigenvalue weighted by Gasteiger charge is -2.10. The molecule has 1 aromatic heterocycles. The molecular formula is C15H17N5O. The zero-order valence-electron chi connectivity index (χ0n) is 12.0. The second-order valence-electron chi connectivity index (χ2n) is 4.25. The van der Waals surface area contributed by atoms with Crippen molar-refractivity contribution in [3.05, 3.63) is 46.4 Å². The topological polar surface area (TPSA) is 108 Å². The SMILES string of the molecule is C#N.C#N.CC(C)n1ccc2ccc(C=NN)cc2c1=O. The van der Waals surface area contributed by atoms with Crippen LogP contribution in [0.25, 0.3) is 10.8 Å². The van der Waals surface area contributed by atoms with Crippen molar-refractivity contribution in [2.75, 3.05) is 0 Å². The molecule has 1 aromatic carbocycles. The van der Waals surface area contributed by atoms with Gasteiger partial charge in [-0.1, -0.05) is 12.1 Å². The number of benzene rings is 1. The van der Waals surface area contributed by atoms with Gasteiger partial charge in [0.1, 0.15) is 0 Å². The van der Waals surface area contributed by atoms with Gasteiger partial charge in [-0.05, 0) is 36.9 Å². The third-order valence-corrected chi connectivity index (χ3v) is 2.74. The smallest absolute Gasteiger partial charge is 0.258 e. The van der Waals surface area contributed by atoms with E-state index in [1.54, 1.807) is 4.57 Å². The Balaban J connectivity index is 0.000000921. The molecule has 0 atom stereocenters. The van der Waals surface area contributed by atoms with E-state index >= 15 is 0 Å². The molecule has 1 heterocycles. The van der Waals surface area contributed by atoms with Crippen LogP contribution in [0, 0.1) is 23.7 Å². The molecule has 21 heavy (non-hydrogen) atoms. The molecule has 6 nitrogen and oxygen atoms in total. The average Bonchev–Trinajstić information content (AvgIpc) is 2.52. The van der Waals surface area contributed by atoms with Crippen molar-refractivity contribution in [1.29, 1.82) is 10.5 Å². The second kappa shape index (κ2) is 8.89. The molecule has 0 aliphatic heterocycles.